The zero-order valence-electron chi connectivity index (χ0n) is 10.4. The Morgan fingerprint density at radius 2 is 1.76 bits per heavy atom. The van der Waals surface area contributed by atoms with E-state index in [9.17, 15) is 13.2 Å². The van der Waals surface area contributed by atoms with Crippen LogP contribution in [0.15, 0.2) is 0 Å². The van der Waals surface area contributed by atoms with E-state index >= 15 is 0 Å². The zero-order valence-corrected chi connectivity index (χ0v) is 11.2. The first-order valence-corrected chi connectivity index (χ1v) is 7.76. The predicted octanol–water partition coefficient (Wildman–Crippen LogP) is -0.439. The second-order valence-electron chi connectivity index (χ2n) is 3.97. The van der Waals surface area contributed by atoms with Crippen molar-refractivity contribution in [2.75, 3.05) is 25.9 Å². The summed E-state index contributed by atoms with van der Waals surface area (Å²) in [7, 11) is -3.16. The lowest BCUT2D eigenvalue weighted by Gasteiger charge is -2.05. The lowest BCUT2D eigenvalue weighted by atomic mass is 10.1. The molecule has 0 unspecified atom stereocenters. The number of unbranched alkanes of at least 4 members (excludes halogenated alkanes) is 3. The fourth-order valence-electron chi connectivity index (χ4n) is 1.31. The summed E-state index contributed by atoms with van der Waals surface area (Å²) in [5, 5.41) is 2.66. The van der Waals surface area contributed by atoms with E-state index in [1.54, 1.807) is 0 Å². The molecule has 102 valence electrons. The van der Waals surface area contributed by atoms with E-state index in [1.807, 2.05) is 0 Å². The van der Waals surface area contributed by atoms with Crippen LogP contribution in [0, 0.1) is 0 Å². The standard InChI is InChI=1S/C10H23N3O3S/c1-17(15,16)13-9-8-12-10(14)6-4-2-3-5-7-11/h13H,2-9,11H2,1H3,(H,12,14). The minimum absolute atomic E-state index is 0.0342. The van der Waals surface area contributed by atoms with Gasteiger partial charge in [-0.3, -0.25) is 4.79 Å². The molecular weight excluding hydrogens is 242 g/mol. The third kappa shape index (κ3) is 13.3. The number of carbonyl (C=O) groups excluding carboxylic acids is 1. The molecule has 0 aliphatic rings. The van der Waals surface area contributed by atoms with Gasteiger partial charge in [-0.05, 0) is 19.4 Å². The first kappa shape index (κ1) is 16.3. The Morgan fingerprint density at radius 1 is 1.12 bits per heavy atom. The highest BCUT2D eigenvalue weighted by molar-refractivity contribution is 7.88. The zero-order chi connectivity index (χ0) is 13.1. The van der Waals surface area contributed by atoms with Crippen LogP contribution in [0.1, 0.15) is 32.1 Å². The predicted molar refractivity (Wildman–Crippen MR) is 68.0 cm³/mol. The smallest absolute Gasteiger partial charge is 0.220 e. The fourth-order valence-corrected chi connectivity index (χ4v) is 1.78. The van der Waals surface area contributed by atoms with Crippen LogP contribution < -0.4 is 15.8 Å². The van der Waals surface area contributed by atoms with Gasteiger partial charge in [0.15, 0.2) is 0 Å². The Balaban J connectivity index is 3.35. The van der Waals surface area contributed by atoms with Crippen LogP contribution in [-0.4, -0.2) is 40.2 Å². The Labute approximate surface area is 103 Å². The van der Waals surface area contributed by atoms with Crippen LogP contribution in [0.5, 0.6) is 0 Å². The molecule has 0 aromatic rings. The molecule has 0 fully saturated rings. The van der Waals surface area contributed by atoms with E-state index in [-0.39, 0.29) is 12.5 Å². The summed E-state index contributed by atoms with van der Waals surface area (Å²) >= 11 is 0. The highest BCUT2D eigenvalue weighted by Crippen LogP contribution is 2.01. The van der Waals surface area contributed by atoms with Crippen molar-refractivity contribution in [1.82, 2.24) is 10.0 Å². The van der Waals surface area contributed by atoms with Crippen LogP contribution in [-0.2, 0) is 14.8 Å². The molecule has 0 aliphatic carbocycles. The van der Waals surface area contributed by atoms with E-state index in [0.29, 0.717) is 19.5 Å². The molecule has 7 heteroatoms. The summed E-state index contributed by atoms with van der Waals surface area (Å²) in [6, 6.07) is 0. The summed E-state index contributed by atoms with van der Waals surface area (Å²) in [6.45, 7) is 1.26. The third-order valence-electron chi connectivity index (χ3n) is 2.17. The molecule has 0 heterocycles. The number of nitrogens with two attached hydrogens (primary N) is 1. The van der Waals surface area contributed by atoms with Crippen molar-refractivity contribution in [2.45, 2.75) is 32.1 Å². The fraction of sp³-hybridized carbons (Fsp3) is 0.900. The van der Waals surface area contributed by atoms with Crippen molar-refractivity contribution in [3.63, 3.8) is 0 Å². The number of hydrogen-bond acceptors (Lipinski definition) is 4. The number of sulfonamides is 1. The van der Waals surface area contributed by atoms with Crippen LogP contribution in [0.2, 0.25) is 0 Å². The second kappa shape index (κ2) is 9.38. The van der Waals surface area contributed by atoms with Crippen LogP contribution in [0.4, 0.5) is 0 Å². The van der Waals surface area contributed by atoms with Crippen LogP contribution in [0.3, 0.4) is 0 Å². The van der Waals surface area contributed by atoms with Crippen molar-refractivity contribution >= 4 is 15.9 Å². The SMILES string of the molecule is CS(=O)(=O)NCCNC(=O)CCCCCCN. The largest absolute Gasteiger partial charge is 0.355 e. The van der Waals surface area contributed by atoms with Crippen molar-refractivity contribution in [2.24, 2.45) is 5.73 Å². The van der Waals surface area contributed by atoms with E-state index in [2.05, 4.69) is 10.0 Å². The highest BCUT2D eigenvalue weighted by Gasteiger charge is 2.02. The van der Waals surface area contributed by atoms with E-state index < -0.39 is 10.0 Å². The third-order valence-corrected chi connectivity index (χ3v) is 2.90. The van der Waals surface area contributed by atoms with Gasteiger partial charge in [0.05, 0.1) is 6.26 Å². The summed E-state index contributed by atoms with van der Waals surface area (Å²) < 4.78 is 23.7. The molecule has 0 spiro atoms. The van der Waals surface area contributed by atoms with Gasteiger partial charge in [0.2, 0.25) is 15.9 Å². The molecule has 0 saturated heterocycles. The Kier molecular flexibility index (Phi) is 9.01. The van der Waals surface area contributed by atoms with Crippen molar-refractivity contribution < 1.29 is 13.2 Å². The Hall–Kier alpha value is -0.660. The number of nitrogens with one attached hydrogen (secondary N) is 2. The lowest BCUT2D eigenvalue weighted by molar-refractivity contribution is -0.121. The van der Waals surface area contributed by atoms with E-state index in [0.717, 1.165) is 31.9 Å². The first-order valence-electron chi connectivity index (χ1n) is 5.87. The van der Waals surface area contributed by atoms with Gasteiger partial charge in [0.1, 0.15) is 0 Å². The molecule has 0 saturated carbocycles. The number of carbonyl (C=O) groups is 1. The van der Waals surface area contributed by atoms with Gasteiger partial charge < -0.3 is 11.1 Å². The Bertz CT molecular complexity index is 304. The van der Waals surface area contributed by atoms with Gasteiger partial charge in [-0.2, -0.15) is 0 Å². The monoisotopic (exact) mass is 265 g/mol. The molecule has 0 rings (SSSR count). The highest BCUT2D eigenvalue weighted by atomic mass is 32.2. The molecular formula is C10H23N3O3S. The molecule has 1 amide bonds. The van der Waals surface area contributed by atoms with Crippen molar-refractivity contribution in [1.29, 1.82) is 0 Å². The van der Waals surface area contributed by atoms with Gasteiger partial charge in [-0.25, -0.2) is 13.1 Å². The molecule has 17 heavy (non-hydrogen) atoms. The summed E-state index contributed by atoms with van der Waals surface area (Å²) in [5.41, 5.74) is 5.35. The van der Waals surface area contributed by atoms with Gasteiger partial charge in [-0.1, -0.05) is 12.8 Å². The minimum atomic E-state index is -3.16. The summed E-state index contributed by atoms with van der Waals surface area (Å²) in [4.78, 5) is 11.3. The molecule has 6 nitrogen and oxygen atoms in total. The summed E-state index contributed by atoms with van der Waals surface area (Å²) in [6.07, 6.45) is 5.49. The van der Waals surface area contributed by atoms with Crippen molar-refractivity contribution in [3.8, 4) is 0 Å². The maximum absolute atomic E-state index is 11.3. The molecule has 4 N–H and O–H groups in total. The topological polar surface area (TPSA) is 101 Å². The lowest BCUT2D eigenvalue weighted by Crippen LogP contribution is -2.34. The van der Waals surface area contributed by atoms with E-state index in [4.69, 9.17) is 5.73 Å². The van der Waals surface area contributed by atoms with Gasteiger partial charge >= 0.3 is 0 Å². The minimum Gasteiger partial charge on any atom is -0.355 e. The maximum Gasteiger partial charge on any atom is 0.220 e. The second-order valence-corrected chi connectivity index (χ2v) is 5.80. The van der Waals surface area contributed by atoms with E-state index in [1.165, 1.54) is 0 Å². The molecule has 0 aromatic heterocycles. The molecule has 0 radical (unpaired) electrons. The molecule has 0 bridgehead atoms. The maximum atomic E-state index is 11.3. The summed E-state index contributed by atoms with van der Waals surface area (Å²) in [5.74, 6) is -0.0342. The Morgan fingerprint density at radius 3 is 2.35 bits per heavy atom. The molecule has 0 aromatic carbocycles. The van der Waals surface area contributed by atoms with Gasteiger partial charge in [0, 0.05) is 19.5 Å². The van der Waals surface area contributed by atoms with Crippen molar-refractivity contribution in [3.05, 3.63) is 0 Å². The average molecular weight is 265 g/mol. The number of rotatable bonds is 10. The van der Waals surface area contributed by atoms with Gasteiger partial charge in [-0.15, -0.1) is 0 Å². The number of hydrogen-bond donors (Lipinski definition) is 3. The molecule has 0 atom stereocenters. The molecule has 0 aliphatic heterocycles. The van der Waals surface area contributed by atoms with Crippen LogP contribution in [0.25, 0.3) is 0 Å². The quantitative estimate of drug-likeness (QED) is 0.466. The first-order chi connectivity index (χ1) is 7.95. The number of amides is 1. The van der Waals surface area contributed by atoms with Gasteiger partial charge in [0.25, 0.3) is 0 Å². The normalized spacial score (nSPS) is 11.4. The van der Waals surface area contributed by atoms with Crippen LogP contribution >= 0.6 is 0 Å². The average Bonchev–Trinajstić information content (AvgIpc) is 2.23.